The van der Waals surface area contributed by atoms with Gasteiger partial charge in [0, 0.05) is 0 Å². The van der Waals surface area contributed by atoms with Crippen molar-refractivity contribution in [1.29, 1.82) is 0 Å². The number of hydrogen-bond acceptors (Lipinski definition) is 2. The van der Waals surface area contributed by atoms with Gasteiger partial charge in [0.2, 0.25) is 0 Å². The van der Waals surface area contributed by atoms with Crippen molar-refractivity contribution in [2.45, 2.75) is 25.7 Å². The maximum Gasteiger partial charge on any atom is 0.119 e. The van der Waals surface area contributed by atoms with E-state index in [1.165, 1.54) is 28.7 Å². The van der Waals surface area contributed by atoms with E-state index in [0.29, 0.717) is 0 Å². The summed E-state index contributed by atoms with van der Waals surface area (Å²) < 4.78 is 10.5. The average molecular weight is 294 g/mol. The third kappa shape index (κ3) is 3.16. The smallest absolute Gasteiger partial charge is 0.119 e. The highest BCUT2D eigenvalue weighted by Gasteiger charge is 2.14. The molecule has 0 saturated heterocycles. The van der Waals surface area contributed by atoms with Crippen LogP contribution in [0.15, 0.2) is 48.5 Å². The van der Waals surface area contributed by atoms with E-state index in [-0.39, 0.29) is 0 Å². The van der Waals surface area contributed by atoms with Gasteiger partial charge in [-0.15, -0.1) is 0 Å². The Balaban J connectivity index is 1.80. The molecule has 0 saturated carbocycles. The quantitative estimate of drug-likeness (QED) is 0.816. The molecule has 2 heteroatoms. The molecule has 0 amide bonds. The van der Waals surface area contributed by atoms with Gasteiger partial charge in [0.05, 0.1) is 14.2 Å². The Kier molecular flexibility index (Phi) is 4.47. The number of aryl methyl sites for hydroxylation is 1. The number of hydrogen-bond donors (Lipinski definition) is 0. The van der Waals surface area contributed by atoms with Crippen LogP contribution in [-0.4, -0.2) is 14.2 Å². The van der Waals surface area contributed by atoms with Gasteiger partial charge in [0.1, 0.15) is 11.5 Å². The number of ether oxygens (including phenoxy) is 2. The van der Waals surface area contributed by atoms with Crippen LogP contribution in [0.5, 0.6) is 11.5 Å². The molecule has 2 aromatic rings. The van der Waals surface area contributed by atoms with Crippen molar-refractivity contribution in [3.05, 3.63) is 65.2 Å². The summed E-state index contributed by atoms with van der Waals surface area (Å²) in [7, 11) is 3.43. The predicted molar refractivity (Wildman–Crippen MR) is 90.6 cm³/mol. The number of benzene rings is 2. The summed E-state index contributed by atoms with van der Waals surface area (Å²) in [6.45, 7) is 0. The topological polar surface area (TPSA) is 18.5 Å². The normalized spacial score (nSPS) is 15.5. The van der Waals surface area contributed by atoms with Crippen LogP contribution >= 0.6 is 0 Å². The first-order valence-corrected chi connectivity index (χ1v) is 7.79. The molecule has 1 aliphatic rings. The molecule has 0 N–H and O–H groups in total. The molecule has 0 atom stereocenters. The fourth-order valence-corrected chi connectivity index (χ4v) is 3.04. The standard InChI is InChI=1S/C20H22O2/c1-21-18-10-7-15(8-11-18)6-9-16-4-3-5-17-14-19(22-2)12-13-20(16)17/h7-14H,3-6H2,1-2H3/b16-9+. The Morgan fingerprint density at radius 3 is 2.36 bits per heavy atom. The van der Waals surface area contributed by atoms with Crippen LogP contribution in [0.2, 0.25) is 0 Å². The molecule has 0 aliphatic heterocycles. The van der Waals surface area contributed by atoms with Crippen LogP contribution in [0.25, 0.3) is 5.57 Å². The van der Waals surface area contributed by atoms with Gasteiger partial charge in [-0.2, -0.15) is 0 Å². The van der Waals surface area contributed by atoms with Crippen LogP contribution in [0.3, 0.4) is 0 Å². The number of allylic oxidation sites excluding steroid dienone is 2. The van der Waals surface area contributed by atoms with Gasteiger partial charge in [0.25, 0.3) is 0 Å². The molecule has 3 rings (SSSR count). The molecule has 0 radical (unpaired) electrons. The molecule has 114 valence electrons. The lowest BCUT2D eigenvalue weighted by molar-refractivity contribution is 0.414. The lowest BCUT2D eigenvalue weighted by Gasteiger charge is -2.20. The lowest BCUT2D eigenvalue weighted by atomic mass is 9.86. The minimum atomic E-state index is 0.909. The van der Waals surface area contributed by atoms with E-state index >= 15 is 0 Å². The minimum Gasteiger partial charge on any atom is -0.497 e. The van der Waals surface area contributed by atoms with E-state index in [0.717, 1.165) is 30.8 Å². The van der Waals surface area contributed by atoms with E-state index in [2.05, 4.69) is 36.4 Å². The molecule has 0 fully saturated rings. The molecule has 0 heterocycles. The molecule has 1 aliphatic carbocycles. The molecule has 0 unspecified atom stereocenters. The summed E-state index contributed by atoms with van der Waals surface area (Å²) in [6.07, 6.45) is 6.85. The summed E-state index contributed by atoms with van der Waals surface area (Å²) in [5.74, 6) is 1.86. The summed E-state index contributed by atoms with van der Waals surface area (Å²) in [6, 6.07) is 14.7. The molecule has 2 nitrogen and oxygen atoms in total. The van der Waals surface area contributed by atoms with Crippen LogP contribution in [0, 0.1) is 0 Å². The number of rotatable bonds is 4. The van der Waals surface area contributed by atoms with Crippen molar-refractivity contribution in [2.75, 3.05) is 14.2 Å². The van der Waals surface area contributed by atoms with E-state index in [1.807, 2.05) is 12.1 Å². The van der Waals surface area contributed by atoms with E-state index < -0.39 is 0 Å². The largest absolute Gasteiger partial charge is 0.497 e. The third-order valence-corrected chi connectivity index (χ3v) is 4.29. The first kappa shape index (κ1) is 14.7. The number of methoxy groups -OCH3 is 2. The summed E-state index contributed by atoms with van der Waals surface area (Å²) in [5.41, 5.74) is 5.57. The van der Waals surface area contributed by atoms with Gasteiger partial charge in [-0.1, -0.05) is 24.3 Å². The summed E-state index contributed by atoms with van der Waals surface area (Å²) >= 11 is 0. The predicted octanol–water partition coefficient (Wildman–Crippen LogP) is 4.67. The first-order chi connectivity index (χ1) is 10.8. The number of fused-ring (bicyclic) bond motifs is 1. The van der Waals surface area contributed by atoms with Crippen LogP contribution in [-0.2, 0) is 12.8 Å². The molecule has 0 aromatic heterocycles. The second kappa shape index (κ2) is 6.69. The van der Waals surface area contributed by atoms with E-state index in [1.54, 1.807) is 14.2 Å². The average Bonchev–Trinajstić information content (AvgIpc) is 2.59. The zero-order valence-corrected chi connectivity index (χ0v) is 13.3. The van der Waals surface area contributed by atoms with Crippen molar-refractivity contribution in [1.82, 2.24) is 0 Å². The highest BCUT2D eigenvalue weighted by molar-refractivity contribution is 5.71. The van der Waals surface area contributed by atoms with Crippen LogP contribution in [0.1, 0.15) is 29.5 Å². The second-order valence-electron chi connectivity index (χ2n) is 5.66. The van der Waals surface area contributed by atoms with Crippen molar-refractivity contribution < 1.29 is 9.47 Å². The Labute approximate surface area is 132 Å². The van der Waals surface area contributed by atoms with Crippen molar-refractivity contribution in [2.24, 2.45) is 0 Å². The monoisotopic (exact) mass is 294 g/mol. The SMILES string of the molecule is COc1ccc(C/C=C2\CCCc3cc(OC)ccc32)cc1. The van der Waals surface area contributed by atoms with Gasteiger partial charge >= 0.3 is 0 Å². The van der Waals surface area contributed by atoms with Gasteiger partial charge in [-0.25, -0.2) is 0 Å². The maximum atomic E-state index is 5.34. The third-order valence-electron chi connectivity index (χ3n) is 4.29. The first-order valence-electron chi connectivity index (χ1n) is 7.79. The summed E-state index contributed by atoms with van der Waals surface area (Å²) in [4.78, 5) is 0. The molecular weight excluding hydrogens is 272 g/mol. The van der Waals surface area contributed by atoms with Crippen molar-refractivity contribution >= 4 is 5.57 Å². The highest BCUT2D eigenvalue weighted by Crippen LogP contribution is 2.33. The van der Waals surface area contributed by atoms with Crippen molar-refractivity contribution in [3.8, 4) is 11.5 Å². The van der Waals surface area contributed by atoms with Crippen LogP contribution in [0.4, 0.5) is 0 Å². The van der Waals surface area contributed by atoms with Gasteiger partial charge in [0.15, 0.2) is 0 Å². The Bertz CT molecular complexity index is 669. The molecule has 0 spiro atoms. The molecule has 2 aromatic carbocycles. The minimum absolute atomic E-state index is 0.909. The fourth-order valence-electron chi connectivity index (χ4n) is 3.04. The van der Waals surface area contributed by atoms with Gasteiger partial charge < -0.3 is 9.47 Å². The fraction of sp³-hybridized carbons (Fsp3) is 0.300. The highest BCUT2D eigenvalue weighted by atomic mass is 16.5. The summed E-state index contributed by atoms with van der Waals surface area (Å²) in [5, 5.41) is 0. The van der Waals surface area contributed by atoms with E-state index in [9.17, 15) is 0 Å². The van der Waals surface area contributed by atoms with E-state index in [4.69, 9.17) is 9.47 Å². The Morgan fingerprint density at radius 2 is 1.64 bits per heavy atom. The van der Waals surface area contributed by atoms with Crippen molar-refractivity contribution in [3.63, 3.8) is 0 Å². The Hall–Kier alpha value is -2.22. The molecular formula is C20H22O2. The maximum absolute atomic E-state index is 5.34. The lowest BCUT2D eigenvalue weighted by Crippen LogP contribution is -2.02. The van der Waals surface area contributed by atoms with Crippen LogP contribution < -0.4 is 9.47 Å². The zero-order valence-electron chi connectivity index (χ0n) is 13.3. The van der Waals surface area contributed by atoms with Gasteiger partial charge in [-0.05, 0) is 72.2 Å². The van der Waals surface area contributed by atoms with Gasteiger partial charge in [-0.3, -0.25) is 0 Å². The molecule has 0 bridgehead atoms. The second-order valence-corrected chi connectivity index (χ2v) is 5.66. The Morgan fingerprint density at radius 1 is 0.909 bits per heavy atom. The zero-order chi connectivity index (χ0) is 15.4. The molecule has 22 heavy (non-hydrogen) atoms.